The fourth-order valence-electron chi connectivity index (χ4n) is 6.23. The van der Waals surface area contributed by atoms with E-state index in [-0.39, 0.29) is 0 Å². The highest BCUT2D eigenvalue weighted by atomic mass is 16.3. The summed E-state index contributed by atoms with van der Waals surface area (Å²) >= 11 is 0. The summed E-state index contributed by atoms with van der Waals surface area (Å²) in [6.07, 6.45) is 3.73. The molecule has 4 N–H and O–H groups in total. The van der Waals surface area contributed by atoms with E-state index >= 15 is 0 Å². The van der Waals surface area contributed by atoms with Gasteiger partial charge in [0.05, 0.1) is 23.3 Å². The van der Waals surface area contributed by atoms with E-state index in [1.165, 1.54) is 0 Å². The van der Waals surface area contributed by atoms with E-state index in [0.717, 1.165) is 45.5 Å². The van der Waals surface area contributed by atoms with Gasteiger partial charge in [0.2, 0.25) is 11.8 Å². The highest BCUT2D eigenvalue weighted by molar-refractivity contribution is 5.98. The van der Waals surface area contributed by atoms with Gasteiger partial charge < -0.3 is 20.8 Å². The zero-order chi connectivity index (χ0) is 27.0. The molecule has 6 heteroatoms. The first-order chi connectivity index (χ1) is 18.9. The van der Waals surface area contributed by atoms with E-state index in [9.17, 15) is 19.8 Å². The van der Waals surface area contributed by atoms with Crippen molar-refractivity contribution in [1.82, 2.24) is 10.6 Å². The minimum absolute atomic E-state index is 0.394. The predicted molar refractivity (Wildman–Crippen MR) is 152 cm³/mol. The molecule has 2 fully saturated rings. The maximum atomic E-state index is 13.3. The van der Waals surface area contributed by atoms with Crippen LogP contribution in [0.2, 0.25) is 0 Å². The lowest BCUT2D eigenvalue weighted by molar-refractivity contribution is -0.135. The van der Waals surface area contributed by atoms with Crippen molar-refractivity contribution in [3.8, 4) is 0 Å². The quantitative estimate of drug-likeness (QED) is 0.238. The second-order valence-electron chi connectivity index (χ2n) is 11.2. The Labute approximate surface area is 228 Å². The minimum Gasteiger partial charge on any atom is -0.387 e. The van der Waals surface area contributed by atoms with Gasteiger partial charge in [-0.05, 0) is 71.2 Å². The Morgan fingerprint density at radius 3 is 1.38 bits per heavy atom. The van der Waals surface area contributed by atoms with Gasteiger partial charge in [-0.2, -0.15) is 0 Å². The van der Waals surface area contributed by atoms with E-state index in [0.29, 0.717) is 25.7 Å². The van der Waals surface area contributed by atoms with Crippen molar-refractivity contribution >= 4 is 33.4 Å². The standard InChI is InChI=1S/C33H34N2O4/c36-28(34-30(32(38)17-7-18-32)26-15-5-11-22-9-1-3-13-24(22)26)21-29(37)35-31(33(39)19-8-20-33)27-16-6-12-23-10-2-4-14-25(23)27/h1-6,9-16,30-31,38-39H,7-8,17-21H2,(H,34,36)(H,35,37). The molecule has 2 saturated carbocycles. The summed E-state index contributed by atoms with van der Waals surface area (Å²) in [6.45, 7) is 0. The first-order valence-electron chi connectivity index (χ1n) is 13.9. The van der Waals surface area contributed by atoms with E-state index in [2.05, 4.69) is 10.6 Å². The number of rotatable bonds is 8. The number of benzene rings is 4. The Balaban J connectivity index is 1.23. The Morgan fingerprint density at radius 1 is 0.615 bits per heavy atom. The lowest BCUT2D eigenvalue weighted by Crippen LogP contribution is -2.52. The number of amides is 2. The number of fused-ring (bicyclic) bond motifs is 2. The number of carbonyl (C=O) groups excluding carboxylic acids is 2. The molecule has 0 bridgehead atoms. The molecule has 0 heterocycles. The summed E-state index contributed by atoms with van der Waals surface area (Å²) in [7, 11) is 0. The smallest absolute Gasteiger partial charge is 0.230 e. The van der Waals surface area contributed by atoms with Crippen molar-refractivity contribution in [1.29, 1.82) is 0 Å². The topological polar surface area (TPSA) is 98.7 Å². The summed E-state index contributed by atoms with van der Waals surface area (Å²) < 4.78 is 0. The van der Waals surface area contributed by atoms with Crippen molar-refractivity contribution in [3.63, 3.8) is 0 Å². The molecule has 2 atom stereocenters. The third-order valence-electron chi connectivity index (χ3n) is 8.71. The first kappa shape index (κ1) is 25.5. The van der Waals surface area contributed by atoms with Crippen molar-refractivity contribution in [3.05, 3.63) is 96.1 Å². The Bertz CT molecular complexity index is 1410. The number of nitrogens with one attached hydrogen (secondary N) is 2. The van der Waals surface area contributed by atoms with Crippen LogP contribution in [0.3, 0.4) is 0 Å². The molecule has 0 saturated heterocycles. The van der Waals surface area contributed by atoms with Gasteiger partial charge in [-0.3, -0.25) is 9.59 Å². The molecule has 2 amide bonds. The molecular weight excluding hydrogens is 488 g/mol. The molecule has 39 heavy (non-hydrogen) atoms. The van der Waals surface area contributed by atoms with E-state index in [4.69, 9.17) is 0 Å². The Morgan fingerprint density at radius 2 is 1.00 bits per heavy atom. The summed E-state index contributed by atoms with van der Waals surface area (Å²) in [5.41, 5.74) is -0.408. The molecule has 6 rings (SSSR count). The SMILES string of the molecule is O=C(CC(=O)NC(c1cccc2ccccc12)C1(O)CCC1)NC(c1cccc2ccccc12)C1(O)CCC1. The Hall–Kier alpha value is -3.74. The van der Waals surface area contributed by atoms with Gasteiger partial charge in [-0.1, -0.05) is 84.9 Å². The van der Waals surface area contributed by atoms with Crippen LogP contribution >= 0.6 is 0 Å². The molecule has 6 nitrogen and oxygen atoms in total. The predicted octanol–water partition coefficient (Wildman–Crippen LogP) is 5.23. The summed E-state index contributed by atoms with van der Waals surface area (Å²) in [5, 5.41) is 32.7. The molecule has 0 spiro atoms. The second kappa shape index (κ2) is 10.1. The van der Waals surface area contributed by atoms with Crippen molar-refractivity contribution in [2.24, 2.45) is 0 Å². The lowest BCUT2D eigenvalue weighted by Gasteiger charge is -2.44. The van der Waals surface area contributed by atoms with Crippen LogP contribution in [0.4, 0.5) is 0 Å². The number of carbonyl (C=O) groups is 2. The molecule has 2 unspecified atom stereocenters. The van der Waals surface area contributed by atoms with E-state index < -0.39 is 41.5 Å². The molecule has 0 radical (unpaired) electrons. The molecule has 4 aromatic rings. The average molecular weight is 523 g/mol. The monoisotopic (exact) mass is 522 g/mol. The Kier molecular flexibility index (Phi) is 6.61. The molecule has 0 aromatic heterocycles. The largest absolute Gasteiger partial charge is 0.387 e. The van der Waals surface area contributed by atoms with Gasteiger partial charge in [0, 0.05) is 0 Å². The first-order valence-corrected chi connectivity index (χ1v) is 13.9. The van der Waals surface area contributed by atoms with Gasteiger partial charge in [0.25, 0.3) is 0 Å². The van der Waals surface area contributed by atoms with Crippen molar-refractivity contribution in [2.75, 3.05) is 0 Å². The maximum absolute atomic E-state index is 13.3. The maximum Gasteiger partial charge on any atom is 0.230 e. The van der Waals surface area contributed by atoms with Gasteiger partial charge in [0.15, 0.2) is 0 Å². The molecule has 2 aliphatic rings. The minimum atomic E-state index is -1.05. The molecule has 0 aliphatic heterocycles. The van der Waals surface area contributed by atoms with Crippen LogP contribution in [-0.4, -0.2) is 33.2 Å². The second-order valence-corrected chi connectivity index (χ2v) is 11.2. The van der Waals surface area contributed by atoms with E-state index in [1.807, 2.05) is 84.9 Å². The van der Waals surface area contributed by atoms with Gasteiger partial charge in [-0.15, -0.1) is 0 Å². The van der Waals surface area contributed by atoms with Crippen LogP contribution in [-0.2, 0) is 9.59 Å². The summed E-state index contributed by atoms with van der Waals surface area (Å²) in [5.74, 6) is -0.911. The van der Waals surface area contributed by atoms with Gasteiger partial charge in [-0.25, -0.2) is 0 Å². The lowest BCUT2D eigenvalue weighted by atomic mass is 9.71. The average Bonchev–Trinajstić information content (AvgIpc) is 2.91. The zero-order valence-corrected chi connectivity index (χ0v) is 21.9. The third-order valence-corrected chi connectivity index (χ3v) is 8.71. The van der Waals surface area contributed by atoms with Crippen LogP contribution in [0.5, 0.6) is 0 Å². The van der Waals surface area contributed by atoms with Crippen LogP contribution in [0.25, 0.3) is 21.5 Å². The third kappa shape index (κ3) is 4.79. The molecular formula is C33H34N2O4. The summed E-state index contributed by atoms with van der Waals surface area (Å²) in [6, 6.07) is 26.3. The van der Waals surface area contributed by atoms with Crippen molar-refractivity contribution < 1.29 is 19.8 Å². The van der Waals surface area contributed by atoms with Gasteiger partial charge >= 0.3 is 0 Å². The number of hydrogen-bond donors (Lipinski definition) is 4. The summed E-state index contributed by atoms with van der Waals surface area (Å²) in [4.78, 5) is 26.6. The van der Waals surface area contributed by atoms with E-state index in [1.54, 1.807) is 0 Å². The fraction of sp³-hybridized carbons (Fsp3) is 0.333. The molecule has 4 aromatic carbocycles. The molecule has 200 valence electrons. The zero-order valence-electron chi connectivity index (χ0n) is 21.9. The van der Waals surface area contributed by atoms with Crippen LogP contribution in [0, 0.1) is 0 Å². The fourth-order valence-corrected chi connectivity index (χ4v) is 6.23. The highest BCUT2D eigenvalue weighted by Crippen LogP contribution is 2.45. The van der Waals surface area contributed by atoms with Gasteiger partial charge in [0.1, 0.15) is 6.42 Å². The van der Waals surface area contributed by atoms with Crippen molar-refractivity contribution in [2.45, 2.75) is 68.2 Å². The number of hydrogen-bond acceptors (Lipinski definition) is 4. The van der Waals surface area contributed by atoms with Crippen LogP contribution in [0.15, 0.2) is 84.9 Å². The van der Waals surface area contributed by atoms with Crippen LogP contribution in [0.1, 0.15) is 68.2 Å². The number of aliphatic hydroxyl groups is 2. The molecule has 2 aliphatic carbocycles. The normalized spacial score (nSPS) is 18.9. The highest BCUT2D eigenvalue weighted by Gasteiger charge is 2.46. The van der Waals surface area contributed by atoms with Crippen LogP contribution < -0.4 is 10.6 Å².